The molecule has 3 aromatic rings. The molecular formula is C22H22IN3O4. The molecule has 2 amide bonds. The molecule has 156 valence electrons. The van der Waals surface area contributed by atoms with Gasteiger partial charge < -0.3 is 17.6 Å². The number of halogens is 1. The number of nitrogens with one attached hydrogen (secondary N) is 2. The van der Waals surface area contributed by atoms with E-state index < -0.39 is 6.03 Å². The number of nitrogens with zero attached hydrogens (tertiary/aromatic N) is 1. The molecule has 2 heterocycles. The lowest BCUT2D eigenvalue weighted by atomic mass is 9.93. The number of benzene rings is 2. The molecule has 0 spiro atoms. The SMILES string of the molecule is CC(C)(C)c1cc(NC(=O)Nc2ccc(OCc3ccc4c(c3)=COI=4)cc2)no1. The maximum absolute atomic E-state index is 12.2. The van der Waals surface area contributed by atoms with Gasteiger partial charge in [0, 0.05) is 22.4 Å². The van der Waals surface area contributed by atoms with E-state index in [9.17, 15) is 4.79 Å². The van der Waals surface area contributed by atoms with E-state index in [-0.39, 0.29) is 26.6 Å². The topological polar surface area (TPSA) is 85.6 Å². The first-order valence-corrected chi connectivity index (χ1v) is 11.4. The summed E-state index contributed by atoms with van der Waals surface area (Å²) in [6.07, 6.45) is 1.82. The Hall–Kier alpha value is -2.88. The van der Waals surface area contributed by atoms with Crippen LogP contribution in [0.1, 0.15) is 32.1 Å². The Morgan fingerprint density at radius 1 is 1.10 bits per heavy atom. The number of hydrogen-bond donors (Lipinski definition) is 2. The van der Waals surface area contributed by atoms with Crippen molar-refractivity contribution >= 4 is 44.9 Å². The molecule has 2 N–H and O–H groups in total. The summed E-state index contributed by atoms with van der Waals surface area (Å²) >= 11 is -0.322. The smallest absolute Gasteiger partial charge is 0.324 e. The van der Waals surface area contributed by atoms with Gasteiger partial charge in [0.05, 0.1) is 3.15 Å². The third kappa shape index (κ3) is 4.99. The molecule has 8 heteroatoms. The van der Waals surface area contributed by atoms with Crippen LogP contribution in [0, 0.1) is 3.15 Å². The third-order valence-corrected chi connectivity index (χ3v) is 6.33. The van der Waals surface area contributed by atoms with Gasteiger partial charge in [0.25, 0.3) is 0 Å². The highest BCUT2D eigenvalue weighted by Crippen LogP contribution is 2.24. The highest BCUT2D eigenvalue weighted by Gasteiger charge is 2.20. The number of carbonyl (C=O) groups excluding carboxylic acids is 1. The highest BCUT2D eigenvalue weighted by atomic mass is 127. The van der Waals surface area contributed by atoms with E-state index in [2.05, 4.69) is 34.0 Å². The molecule has 0 saturated heterocycles. The van der Waals surface area contributed by atoms with E-state index in [1.165, 1.54) is 3.15 Å². The minimum atomic E-state index is -0.392. The number of hydrogen-bond acceptors (Lipinski definition) is 5. The Balaban J connectivity index is 1.30. The van der Waals surface area contributed by atoms with Gasteiger partial charge in [-0.05, 0) is 42.0 Å². The van der Waals surface area contributed by atoms with E-state index in [1.807, 2.05) is 39.2 Å². The predicted molar refractivity (Wildman–Crippen MR) is 123 cm³/mol. The molecule has 1 aliphatic rings. The first kappa shape index (κ1) is 20.4. The number of urea groups is 1. The van der Waals surface area contributed by atoms with Gasteiger partial charge in [0.1, 0.15) is 45.5 Å². The Labute approximate surface area is 184 Å². The van der Waals surface area contributed by atoms with Crippen LogP contribution >= 0.6 is 21.1 Å². The molecule has 1 aliphatic heterocycles. The van der Waals surface area contributed by atoms with Gasteiger partial charge in [0.15, 0.2) is 5.82 Å². The summed E-state index contributed by atoms with van der Waals surface area (Å²) in [6.45, 7) is 6.51. The zero-order valence-electron chi connectivity index (χ0n) is 16.9. The predicted octanol–water partition coefficient (Wildman–Crippen LogP) is 5.10. The molecule has 0 unspecified atom stereocenters. The normalized spacial score (nSPS) is 12.5. The van der Waals surface area contributed by atoms with Gasteiger partial charge in [-0.1, -0.05) is 32.0 Å². The molecule has 0 saturated carbocycles. The van der Waals surface area contributed by atoms with Crippen LogP contribution in [0.2, 0.25) is 0 Å². The lowest BCUT2D eigenvalue weighted by Crippen LogP contribution is -2.19. The van der Waals surface area contributed by atoms with Gasteiger partial charge in [-0.2, -0.15) is 0 Å². The zero-order chi connectivity index (χ0) is 21.1. The molecule has 7 nitrogen and oxygen atoms in total. The van der Waals surface area contributed by atoms with Crippen LogP contribution < -0.4 is 20.6 Å². The summed E-state index contributed by atoms with van der Waals surface area (Å²) in [7, 11) is 0. The molecule has 30 heavy (non-hydrogen) atoms. The van der Waals surface area contributed by atoms with Crippen molar-refractivity contribution in [2.24, 2.45) is 0 Å². The Morgan fingerprint density at radius 2 is 1.90 bits per heavy atom. The number of fused-ring (bicyclic) bond motifs is 1. The Kier molecular flexibility index (Phi) is 5.76. The van der Waals surface area contributed by atoms with Crippen molar-refractivity contribution in [2.75, 3.05) is 10.6 Å². The fraction of sp³-hybridized carbons (Fsp3) is 0.227. The molecule has 2 aromatic carbocycles. The van der Waals surface area contributed by atoms with Crippen LogP contribution in [0.4, 0.5) is 16.3 Å². The van der Waals surface area contributed by atoms with Crippen molar-refractivity contribution in [3.05, 3.63) is 68.2 Å². The quantitative estimate of drug-likeness (QED) is 0.459. The van der Waals surface area contributed by atoms with Crippen molar-refractivity contribution in [3.8, 4) is 5.75 Å². The second kappa shape index (κ2) is 8.47. The van der Waals surface area contributed by atoms with Crippen molar-refractivity contribution in [3.63, 3.8) is 0 Å². The molecule has 0 fully saturated rings. The second-order valence-corrected chi connectivity index (χ2v) is 9.97. The first-order chi connectivity index (χ1) is 14.4. The standard InChI is InChI=1S/C22H22IN3O4/c1-22(2,3)19-11-20(26-30-19)25-21(27)24-16-5-7-17(8-6-16)28-12-14-4-9-18-15(10-14)13-29-23-18/h4-11,13H,12H2,1-3H3,(H2,24,25,26,27). The molecular weight excluding hydrogens is 497 g/mol. The average Bonchev–Trinajstić information content (AvgIpc) is 3.36. The third-order valence-electron chi connectivity index (χ3n) is 4.37. The Bertz CT molecular complexity index is 1180. The van der Waals surface area contributed by atoms with Crippen molar-refractivity contribution in [1.82, 2.24) is 5.16 Å². The van der Waals surface area contributed by atoms with Crippen LogP contribution in [0.25, 0.3) is 6.26 Å². The summed E-state index contributed by atoms with van der Waals surface area (Å²) < 4.78 is 17.8. The van der Waals surface area contributed by atoms with Crippen LogP contribution in [-0.4, -0.2) is 11.2 Å². The monoisotopic (exact) mass is 519 g/mol. The van der Waals surface area contributed by atoms with Crippen molar-refractivity contribution < 1.29 is 17.1 Å². The first-order valence-electron chi connectivity index (χ1n) is 9.42. The molecule has 0 bridgehead atoms. The van der Waals surface area contributed by atoms with E-state index in [4.69, 9.17) is 12.3 Å². The minimum absolute atomic E-state index is 0.174. The van der Waals surface area contributed by atoms with E-state index in [1.54, 1.807) is 18.2 Å². The van der Waals surface area contributed by atoms with Crippen molar-refractivity contribution in [1.29, 1.82) is 0 Å². The fourth-order valence-corrected chi connectivity index (χ4v) is 4.27. The van der Waals surface area contributed by atoms with E-state index >= 15 is 0 Å². The molecule has 0 aliphatic carbocycles. The molecule has 0 radical (unpaired) electrons. The van der Waals surface area contributed by atoms with Crippen molar-refractivity contribution in [2.45, 2.75) is 32.8 Å². The number of rotatable bonds is 5. The molecule has 1 aromatic heterocycles. The number of ether oxygens (including phenoxy) is 1. The molecule has 4 rings (SSSR count). The van der Waals surface area contributed by atoms with Gasteiger partial charge in [0.2, 0.25) is 0 Å². The number of anilines is 2. The number of carbonyl (C=O) groups is 1. The maximum atomic E-state index is 12.2. The van der Waals surface area contributed by atoms with Gasteiger partial charge in [-0.15, -0.1) is 0 Å². The number of amides is 2. The van der Waals surface area contributed by atoms with Crippen LogP contribution in [0.5, 0.6) is 5.75 Å². The van der Waals surface area contributed by atoms with Crippen LogP contribution in [0.3, 0.4) is 0 Å². The minimum Gasteiger partial charge on any atom is -0.489 e. The Morgan fingerprint density at radius 3 is 2.63 bits per heavy atom. The fourth-order valence-electron chi connectivity index (χ4n) is 2.73. The van der Waals surface area contributed by atoms with E-state index in [0.717, 1.165) is 16.5 Å². The largest absolute Gasteiger partial charge is 0.489 e. The van der Waals surface area contributed by atoms with Gasteiger partial charge >= 0.3 is 6.03 Å². The summed E-state index contributed by atoms with van der Waals surface area (Å²) in [6, 6.07) is 14.8. The second-order valence-electron chi connectivity index (χ2n) is 7.86. The summed E-state index contributed by atoms with van der Waals surface area (Å²) in [5, 5.41) is 10.5. The lowest BCUT2D eigenvalue weighted by Gasteiger charge is -2.12. The summed E-state index contributed by atoms with van der Waals surface area (Å²) in [5.41, 5.74) is 1.56. The zero-order valence-corrected chi connectivity index (χ0v) is 19.0. The summed E-state index contributed by atoms with van der Waals surface area (Å²) in [4.78, 5) is 12.2. The van der Waals surface area contributed by atoms with Gasteiger partial charge in [-0.25, -0.2) is 4.79 Å². The van der Waals surface area contributed by atoms with E-state index in [0.29, 0.717) is 23.9 Å². The highest BCUT2D eigenvalue weighted by molar-refractivity contribution is 14.1. The summed E-state index contributed by atoms with van der Waals surface area (Å²) in [5.74, 6) is 1.80. The maximum Gasteiger partial charge on any atom is 0.324 e. The average molecular weight is 519 g/mol. The van der Waals surface area contributed by atoms with Crippen LogP contribution in [0.15, 0.2) is 53.1 Å². The number of aromatic nitrogens is 1. The van der Waals surface area contributed by atoms with Gasteiger partial charge in [-0.3, -0.25) is 5.32 Å². The lowest BCUT2D eigenvalue weighted by molar-refractivity contribution is 0.262. The van der Waals surface area contributed by atoms with Crippen LogP contribution in [-0.2, 0) is 15.1 Å². The molecule has 0 atom stereocenters.